The number of carbonyl (C=O) groups excluding carboxylic acids is 2. The van der Waals surface area contributed by atoms with Crippen LogP contribution in [0.1, 0.15) is 23.0 Å². The van der Waals surface area contributed by atoms with Gasteiger partial charge in [-0.1, -0.05) is 6.07 Å². The van der Waals surface area contributed by atoms with Crippen LogP contribution in [0.3, 0.4) is 0 Å². The molecule has 0 aliphatic carbocycles. The van der Waals surface area contributed by atoms with Gasteiger partial charge in [-0.3, -0.25) is 9.89 Å². The Hall–Kier alpha value is -2.17. The minimum Gasteiger partial charge on any atom is -0.460 e. The molecule has 2 rings (SSSR count). The molecule has 88 valence electrons. The first-order valence-electron chi connectivity index (χ1n) is 5.30. The van der Waals surface area contributed by atoms with Crippen LogP contribution in [0.4, 0.5) is 0 Å². The molecular weight excluding hydrogens is 220 g/mol. The van der Waals surface area contributed by atoms with Crippen LogP contribution in [0.25, 0.3) is 10.9 Å². The monoisotopic (exact) mass is 232 g/mol. The fourth-order valence-electron chi connectivity index (χ4n) is 1.72. The molecule has 1 N–H and O–H groups in total. The van der Waals surface area contributed by atoms with E-state index in [4.69, 9.17) is 4.74 Å². The number of aromatic nitrogens is 2. The number of benzene rings is 1. The zero-order valence-electron chi connectivity index (χ0n) is 9.61. The summed E-state index contributed by atoms with van der Waals surface area (Å²) in [5.74, 6) is -1.47. The number of carbonyl (C=O) groups is 2. The van der Waals surface area contributed by atoms with Crippen molar-refractivity contribution in [3.8, 4) is 0 Å². The molecule has 1 aromatic carbocycles. The molecule has 0 fully saturated rings. The highest BCUT2D eigenvalue weighted by atomic mass is 16.5. The van der Waals surface area contributed by atoms with Crippen LogP contribution in [0.15, 0.2) is 18.2 Å². The molecule has 1 heterocycles. The van der Waals surface area contributed by atoms with Crippen molar-refractivity contribution in [2.75, 3.05) is 6.61 Å². The van der Waals surface area contributed by atoms with Crippen LogP contribution in [0, 0.1) is 6.92 Å². The summed E-state index contributed by atoms with van der Waals surface area (Å²) in [6, 6.07) is 5.07. The number of nitrogens with one attached hydrogen (secondary N) is 1. The van der Waals surface area contributed by atoms with Gasteiger partial charge in [-0.05, 0) is 26.0 Å². The number of H-pyrrole nitrogens is 1. The average molecular weight is 232 g/mol. The molecule has 0 bridgehead atoms. The number of hydrogen-bond acceptors (Lipinski definition) is 4. The molecule has 0 spiro atoms. The number of rotatable bonds is 3. The van der Waals surface area contributed by atoms with Crippen molar-refractivity contribution in [2.45, 2.75) is 13.8 Å². The second-order valence-electron chi connectivity index (χ2n) is 3.60. The van der Waals surface area contributed by atoms with Gasteiger partial charge >= 0.3 is 5.97 Å². The van der Waals surface area contributed by atoms with Gasteiger partial charge in [0.2, 0.25) is 0 Å². The van der Waals surface area contributed by atoms with Crippen LogP contribution in [0.5, 0.6) is 0 Å². The third kappa shape index (κ3) is 1.91. The summed E-state index contributed by atoms with van der Waals surface area (Å²) >= 11 is 0. The van der Waals surface area contributed by atoms with Gasteiger partial charge in [0, 0.05) is 16.6 Å². The first-order valence-corrected chi connectivity index (χ1v) is 5.30. The van der Waals surface area contributed by atoms with Crippen molar-refractivity contribution >= 4 is 22.7 Å². The molecule has 0 radical (unpaired) electrons. The van der Waals surface area contributed by atoms with E-state index in [0.717, 1.165) is 5.69 Å². The predicted molar refractivity (Wildman–Crippen MR) is 61.8 cm³/mol. The second kappa shape index (κ2) is 4.37. The van der Waals surface area contributed by atoms with E-state index in [-0.39, 0.29) is 6.61 Å². The number of esters is 1. The number of hydrogen-bond donors (Lipinski definition) is 1. The standard InChI is InChI=1S/C12H12N2O3/c1-3-17-12(16)11(15)8-5-4-6-9-10(8)7(2)13-14-9/h4-6H,3H2,1-2H3,(H,13,14). The first-order chi connectivity index (χ1) is 8.15. The fourth-order valence-corrected chi connectivity index (χ4v) is 1.72. The summed E-state index contributed by atoms with van der Waals surface area (Å²) in [4.78, 5) is 23.3. The van der Waals surface area contributed by atoms with Crippen molar-refractivity contribution in [3.05, 3.63) is 29.5 Å². The van der Waals surface area contributed by atoms with Gasteiger partial charge in [-0.2, -0.15) is 5.10 Å². The minimum absolute atomic E-state index is 0.185. The van der Waals surface area contributed by atoms with Crippen LogP contribution >= 0.6 is 0 Å². The quantitative estimate of drug-likeness (QED) is 0.496. The minimum atomic E-state index is -0.833. The summed E-state index contributed by atoms with van der Waals surface area (Å²) in [6.07, 6.45) is 0. The lowest BCUT2D eigenvalue weighted by Crippen LogP contribution is -2.17. The topological polar surface area (TPSA) is 72.1 Å². The van der Waals surface area contributed by atoms with E-state index in [2.05, 4.69) is 10.2 Å². The maximum Gasteiger partial charge on any atom is 0.379 e. The van der Waals surface area contributed by atoms with E-state index in [0.29, 0.717) is 16.5 Å². The van der Waals surface area contributed by atoms with Crippen LogP contribution in [0.2, 0.25) is 0 Å². The molecule has 0 saturated carbocycles. The molecule has 0 aliphatic heterocycles. The number of nitrogens with zero attached hydrogens (tertiary/aromatic N) is 1. The van der Waals surface area contributed by atoms with E-state index in [1.54, 1.807) is 32.0 Å². The lowest BCUT2D eigenvalue weighted by atomic mass is 10.0. The maximum atomic E-state index is 11.9. The van der Waals surface area contributed by atoms with Crippen molar-refractivity contribution in [3.63, 3.8) is 0 Å². The van der Waals surface area contributed by atoms with E-state index in [1.165, 1.54) is 0 Å². The number of Topliss-reactive ketones (excluding diaryl/α,β-unsaturated/α-hetero) is 1. The Morgan fingerprint density at radius 2 is 2.18 bits per heavy atom. The summed E-state index contributed by atoms with van der Waals surface area (Å²) < 4.78 is 4.70. The molecule has 5 heteroatoms. The van der Waals surface area contributed by atoms with Gasteiger partial charge in [0.15, 0.2) is 0 Å². The van der Waals surface area contributed by atoms with Crippen molar-refractivity contribution < 1.29 is 14.3 Å². The van der Waals surface area contributed by atoms with Gasteiger partial charge in [-0.25, -0.2) is 4.79 Å². The van der Waals surface area contributed by atoms with Crippen molar-refractivity contribution in [1.29, 1.82) is 0 Å². The third-order valence-corrected chi connectivity index (χ3v) is 2.47. The highest BCUT2D eigenvalue weighted by Crippen LogP contribution is 2.20. The molecular formula is C12H12N2O3. The summed E-state index contributed by atoms with van der Waals surface area (Å²) in [7, 11) is 0. The van der Waals surface area contributed by atoms with E-state index in [9.17, 15) is 9.59 Å². The Bertz CT molecular complexity index is 586. The van der Waals surface area contributed by atoms with Gasteiger partial charge < -0.3 is 4.74 Å². The Morgan fingerprint density at radius 1 is 1.41 bits per heavy atom. The summed E-state index contributed by atoms with van der Waals surface area (Å²) in [6.45, 7) is 3.65. The Kier molecular flexibility index (Phi) is 2.91. The molecule has 2 aromatic rings. The predicted octanol–water partition coefficient (Wildman–Crippen LogP) is 1.62. The van der Waals surface area contributed by atoms with Gasteiger partial charge in [0.1, 0.15) is 0 Å². The average Bonchev–Trinajstić information content (AvgIpc) is 2.71. The van der Waals surface area contributed by atoms with E-state index < -0.39 is 11.8 Å². The Labute approximate surface area is 97.8 Å². The largest absolute Gasteiger partial charge is 0.460 e. The lowest BCUT2D eigenvalue weighted by Gasteiger charge is -2.02. The fraction of sp³-hybridized carbons (Fsp3) is 0.250. The Balaban J connectivity index is 2.51. The summed E-state index contributed by atoms with van der Waals surface area (Å²) in [5.41, 5.74) is 1.75. The normalized spacial score (nSPS) is 10.5. The van der Waals surface area contributed by atoms with Crippen LogP contribution < -0.4 is 0 Å². The number of fused-ring (bicyclic) bond motifs is 1. The molecule has 0 atom stereocenters. The number of ether oxygens (including phenoxy) is 1. The van der Waals surface area contributed by atoms with Crippen molar-refractivity contribution in [2.24, 2.45) is 0 Å². The second-order valence-corrected chi connectivity index (χ2v) is 3.60. The molecule has 0 unspecified atom stereocenters. The number of ketones is 1. The van der Waals surface area contributed by atoms with E-state index >= 15 is 0 Å². The van der Waals surface area contributed by atoms with E-state index in [1.807, 2.05) is 0 Å². The molecule has 0 aliphatic rings. The van der Waals surface area contributed by atoms with Crippen molar-refractivity contribution in [1.82, 2.24) is 10.2 Å². The number of aryl methyl sites for hydroxylation is 1. The van der Waals surface area contributed by atoms with Crippen LogP contribution in [-0.4, -0.2) is 28.6 Å². The zero-order valence-corrected chi connectivity index (χ0v) is 9.61. The third-order valence-electron chi connectivity index (χ3n) is 2.47. The SMILES string of the molecule is CCOC(=O)C(=O)c1cccc2n[nH]c(C)c12. The van der Waals surface area contributed by atoms with Gasteiger partial charge in [0.05, 0.1) is 12.1 Å². The lowest BCUT2D eigenvalue weighted by molar-refractivity contribution is -0.137. The number of aromatic amines is 1. The molecule has 17 heavy (non-hydrogen) atoms. The molecule has 1 aromatic heterocycles. The molecule has 0 amide bonds. The van der Waals surface area contributed by atoms with Crippen LogP contribution in [-0.2, 0) is 9.53 Å². The maximum absolute atomic E-state index is 11.9. The first kappa shape index (κ1) is 11.3. The summed E-state index contributed by atoms with van der Waals surface area (Å²) in [5, 5.41) is 7.50. The zero-order chi connectivity index (χ0) is 12.4. The highest BCUT2D eigenvalue weighted by molar-refractivity contribution is 6.43. The Morgan fingerprint density at radius 3 is 2.88 bits per heavy atom. The van der Waals surface area contributed by atoms with Gasteiger partial charge in [-0.15, -0.1) is 0 Å². The smallest absolute Gasteiger partial charge is 0.379 e. The molecule has 5 nitrogen and oxygen atoms in total. The van der Waals surface area contributed by atoms with Gasteiger partial charge in [0.25, 0.3) is 5.78 Å². The molecule has 0 saturated heterocycles. The highest BCUT2D eigenvalue weighted by Gasteiger charge is 2.21.